The first-order valence-corrected chi connectivity index (χ1v) is 8.18. The molecule has 118 valence electrons. The second kappa shape index (κ2) is 7.26. The quantitative estimate of drug-likeness (QED) is 0.815. The predicted molar refractivity (Wildman–Crippen MR) is 88.3 cm³/mol. The molecule has 2 rings (SSSR count). The van der Waals surface area contributed by atoms with Crippen molar-refractivity contribution in [2.24, 2.45) is 11.3 Å². The molecule has 1 aliphatic carbocycles. The Morgan fingerprint density at radius 1 is 1.29 bits per heavy atom. The number of halogens is 1. The van der Waals surface area contributed by atoms with Gasteiger partial charge in [-0.2, -0.15) is 0 Å². The summed E-state index contributed by atoms with van der Waals surface area (Å²) in [6.45, 7) is 7.64. The van der Waals surface area contributed by atoms with Crippen LogP contribution in [0.15, 0.2) is 24.3 Å². The molecule has 0 aromatic heterocycles. The van der Waals surface area contributed by atoms with Crippen LogP contribution in [-0.4, -0.2) is 26.7 Å². The van der Waals surface area contributed by atoms with Gasteiger partial charge in [0.05, 0.1) is 0 Å². The lowest BCUT2D eigenvalue weighted by molar-refractivity contribution is 0.282. The van der Waals surface area contributed by atoms with E-state index in [1.54, 1.807) is 12.1 Å². The minimum absolute atomic E-state index is 0.155. The summed E-state index contributed by atoms with van der Waals surface area (Å²) in [6.07, 6.45) is 5.19. The lowest BCUT2D eigenvalue weighted by atomic mass is 9.85. The minimum atomic E-state index is -0.155. The van der Waals surface area contributed by atoms with Crippen molar-refractivity contribution in [3.05, 3.63) is 30.1 Å². The van der Waals surface area contributed by atoms with Crippen molar-refractivity contribution in [1.82, 2.24) is 5.32 Å². The monoisotopic (exact) mass is 292 g/mol. The van der Waals surface area contributed by atoms with E-state index in [2.05, 4.69) is 31.1 Å². The number of nitrogens with zero attached hydrogens (tertiary/aromatic N) is 1. The van der Waals surface area contributed by atoms with E-state index in [4.69, 9.17) is 0 Å². The lowest BCUT2D eigenvalue weighted by Crippen LogP contribution is -2.42. The van der Waals surface area contributed by atoms with E-state index in [0.29, 0.717) is 11.3 Å². The Hall–Kier alpha value is -1.09. The van der Waals surface area contributed by atoms with Crippen molar-refractivity contribution in [2.75, 3.05) is 31.6 Å². The lowest BCUT2D eigenvalue weighted by Gasteiger charge is -2.35. The molecule has 0 unspecified atom stereocenters. The van der Waals surface area contributed by atoms with Crippen LogP contribution >= 0.6 is 0 Å². The number of benzene rings is 1. The van der Waals surface area contributed by atoms with Crippen molar-refractivity contribution in [2.45, 2.75) is 39.5 Å². The smallest absolute Gasteiger partial charge is 0.125 e. The van der Waals surface area contributed by atoms with Crippen molar-refractivity contribution in [3.63, 3.8) is 0 Å². The molecule has 0 saturated heterocycles. The van der Waals surface area contributed by atoms with Gasteiger partial charge >= 0.3 is 0 Å². The Balaban J connectivity index is 1.98. The summed E-state index contributed by atoms with van der Waals surface area (Å²) in [4.78, 5) is 2.21. The van der Waals surface area contributed by atoms with Crippen molar-refractivity contribution in [3.8, 4) is 0 Å². The summed E-state index contributed by atoms with van der Waals surface area (Å²) in [6, 6.07) is 6.92. The van der Waals surface area contributed by atoms with Gasteiger partial charge in [0.1, 0.15) is 5.82 Å². The SMILES string of the molecule is CC(C)CNCC1(CN(C)c2cccc(F)c2)CCCC1. The van der Waals surface area contributed by atoms with Gasteiger partial charge in [-0.25, -0.2) is 4.39 Å². The Bertz CT molecular complexity index is 439. The first-order chi connectivity index (χ1) is 10.0. The summed E-state index contributed by atoms with van der Waals surface area (Å²) in [5, 5.41) is 3.64. The molecule has 1 saturated carbocycles. The highest BCUT2D eigenvalue weighted by Crippen LogP contribution is 2.39. The Morgan fingerprint density at radius 3 is 2.62 bits per heavy atom. The fraction of sp³-hybridized carbons (Fsp3) is 0.667. The first kappa shape index (κ1) is 16.3. The topological polar surface area (TPSA) is 15.3 Å². The second-order valence-electron chi connectivity index (χ2n) is 7.07. The third kappa shape index (κ3) is 4.70. The number of hydrogen-bond acceptors (Lipinski definition) is 2. The number of anilines is 1. The molecule has 0 bridgehead atoms. The Kier molecular flexibility index (Phi) is 5.63. The normalized spacial score (nSPS) is 17.4. The molecule has 1 fully saturated rings. The molecular weight excluding hydrogens is 263 g/mol. The molecule has 0 atom stereocenters. The zero-order valence-corrected chi connectivity index (χ0v) is 13.7. The van der Waals surface area contributed by atoms with E-state index in [0.717, 1.165) is 25.3 Å². The third-order valence-electron chi connectivity index (χ3n) is 4.54. The van der Waals surface area contributed by atoms with Crippen LogP contribution in [0.2, 0.25) is 0 Å². The molecular formula is C18H29FN2. The van der Waals surface area contributed by atoms with Gasteiger partial charge in [0.15, 0.2) is 0 Å². The largest absolute Gasteiger partial charge is 0.374 e. The highest BCUT2D eigenvalue weighted by atomic mass is 19.1. The summed E-state index contributed by atoms with van der Waals surface area (Å²) in [5.74, 6) is 0.530. The van der Waals surface area contributed by atoms with Crippen LogP contribution in [0.4, 0.5) is 10.1 Å². The highest BCUT2D eigenvalue weighted by Gasteiger charge is 2.34. The van der Waals surface area contributed by atoms with Crippen LogP contribution in [0.3, 0.4) is 0 Å². The molecule has 0 amide bonds. The van der Waals surface area contributed by atoms with E-state index in [1.165, 1.54) is 31.7 Å². The zero-order valence-electron chi connectivity index (χ0n) is 13.7. The summed E-state index contributed by atoms with van der Waals surface area (Å²) in [5.41, 5.74) is 1.32. The van der Waals surface area contributed by atoms with Crippen LogP contribution in [0.25, 0.3) is 0 Å². The van der Waals surface area contributed by atoms with Crippen LogP contribution < -0.4 is 10.2 Å². The molecule has 0 aliphatic heterocycles. The van der Waals surface area contributed by atoms with Gasteiger partial charge in [0, 0.05) is 31.2 Å². The first-order valence-electron chi connectivity index (χ1n) is 8.18. The Labute approximate surface area is 128 Å². The van der Waals surface area contributed by atoms with E-state index in [1.807, 2.05) is 6.07 Å². The molecule has 1 aromatic carbocycles. The molecule has 0 radical (unpaired) electrons. The maximum atomic E-state index is 13.4. The second-order valence-corrected chi connectivity index (χ2v) is 7.07. The van der Waals surface area contributed by atoms with Gasteiger partial charge in [0.2, 0.25) is 0 Å². The third-order valence-corrected chi connectivity index (χ3v) is 4.54. The molecule has 0 spiro atoms. The van der Waals surface area contributed by atoms with E-state index >= 15 is 0 Å². The highest BCUT2D eigenvalue weighted by molar-refractivity contribution is 5.45. The maximum Gasteiger partial charge on any atom is 0.125 e. The summed E-state index contributed by atoms with van der Waals surface area (Å²) in [7, 11) is 2.08. The predicted octanol–water partition coefficient (Wildman–Crippen LogP) is 4.07. The van der Waals surface area contributed by atoms with Gasteiger partial charge < -0.3 is 10.2 Å². The molecule has 1 aromatic rings. The van der Waals surface area contributed by atoms with Crippen molar-refractivity contribution in [1.29, 1.82) is 0 Å². The minimum Gasteiger partial charge on any atom is -0.374 e. The van der Waals surface area contributed by atoms with Crippen LogP contribution in [0.1, 0.15) is 39.5 Å². The average molecular weight is 292 g/mol. The van der Waals surface area contributed by atoms with E-state index in [9.17, 15) is 4.39 Å². The van der Waals surface area contributed by atoms with Gasteiger partial charge in [0.25, 0.3) is 0 Å². The fourth-order valence-corrected chi connectivity index (χ4v) is 3.45. The molecule has 2 nitrogen and oxygen atoms in total. The van der Waals surface area contributed by atoms with E-state index < -0.39 is 0 Å². The van der Waals surface area contributed by atoms with Gasteiger partial charge in [-0.1, -0.05) is 32.8 Å². The molecule has 1 N–H and O–H groups in total. The van der Waals surface area contributed by atoms with Crippen molar-refractivity contribution >= 4 is 5.69 Å². The summed E-state index contributed by atoms with van der Waals surface area (Å²) >= 11 is 0. The zero-order chi connectivity index (χ0) is 15.3. The maximum absolute atomic E-state index is 13.4. The fourth-order valence-electron chi connectivity index (χ4n) is 3.45. The number of rotatable bonds is 7. The molecule has 21 heavy (non-hydrogen) atoms. The number of nitrogens with one attached hydrogen (secondary N) is 1. The van der Waals surface area contributed by atoms with Gasteiger partial charge in [-0.05, 0) is 43.5 Å². The molecule has 3 heteroatoms. The summed E-state index contributed by atoms with van der Waals surface area (Å²) < 4.78 is 13.4. The standard InChI is InChI=1S/C18H29FN2/c1-15(2)12-20-13-18(9-4-5-10-18)14-21(3)17-8-6-7-16(19)11-17/h6-8,11,15,20H,4-5,9-10,12-14H2,1-3H3. The number of hydrogen-bond donors (Lipinski definition) is 1. The van der Waals surface area contributed by atoms with Gasteiger partial charge in [-0.15, -0.1) is 0 Å². The van der Waals surface area contributed by atoms with Crippen molar-refractivity contribution < 1.29 is 4.39 Å². The van der Waals surface area contributed by atoms with Gasteiger partial charge in [-0.3, -0.25) is 0 Å². The molecule has 0 heterocycles. The van der Waals surface area contributed by atoms with Crippen LogP contribution in [0.5, 0.6) is 0 Å². The van der Waals surface area contributed by atoms with Crippen LogP contribution in [-0.2, 0) is 0 Å². The Morgan fingerprint density at radius 2 is 2.00 bits per heavy atom. The van der Waals surface area contributed by atoms with E-state index in [-0.39, 0.29) is 5.82 Å². The van der Waals surface area contributed by atoms with Crippen LogP contribution in [0, 0.1) is 17.2 Å². The molecule has 1 aliphatic rings. The average Bonchev–Trinajstić information content (AvgIpc) is 2.87.